The number of amides is 1. The molecular weight excluding hydrogens is 399 g/mol. The Labute approximate surface area is 169 Å². The number of para-hydroxylation sites is 1. The van der Waals surface area contributed by atoms with E-state index in [1.165, 1.54) is 4.68 Å². The standard InChI is InChI=1S/C20H20F3N5O2/c1-12-17(19(30)28(26(12)2)13-7-4-3-5-8-13)24-16(29)11-27-15-10-6-9-14(15)18(25-27)20(21,22)23/h3-5,7-8H,6,9-11H2,1-2H3,(H,24,29). The molecule has 0 spiro atoms. The zero-order valence-corrected chi connectivity index (χ0v) is 16.5. The molecule has 2 aromatic heterocycles. The normalized spacial score (nSPS) is 13.5. The summed E-state index contributed by atoms with van der Waals surface area (Å²) in [5.41, 5.74) is 0.501. The molecular formula is C20H20F3N5O2. The summed E-state index contributed by atoms with van der Waals surface area (Å²) < 4.78 is 43.8. The summed E-state index contributed by atoms with van der Waals surface area (Å²) in [6, 6.07) is 8.93. The van der Waals surface area contributed by atoms with Crippen molar-refractivity contribution in [3.63, 3.8) is 0 Å². The maximum Gasteiger partial charge on any atom is 0.435 e. The first-order valence-corrected chi connectivity index (χ1v) is 9.48. The van der Waals surface area contributed by atoms with Gasteiger partial charge in [-0.25, -0.2) is 4.68 Å². The average Bonchev–Trinajstić information content (AvgIpc) is 3.34. The Morgan fingerprint density at radius 3 is 2.57 bits per heavy atom. The van der Waals surface area contributed by atoms with Crippen LogP contribution >= 0.6 is 0 Å². The second-order valence-electron chi connectivity index (χ2n) is 7.27. The second kappa shape index (κ2) is 7.19. The number of nitrogens with zero attached hydrogens (tertiary/aromatic N) is 4. The zero-order valence-electron chi connectivity index (χ0n) is 16.5. The highest BCUT2D eigenvalue weighted by molar-refractivity contribution is 5.91. The van der Waals surface area contributed by atoms with Crippen molar-refractivity contribution < 1.29 is 18.0 Å². The van der Waals surface area contributed by atoms with Crippen LogP contribution in [-0.4, -0.2) is 25.1 Å². The van der Waals surface area contributed by atoms with Crippen LogP contribution in [0.3, 0.4) is 0 Å². The largest absolute Gasteiger partial charge is 0.435 e. The smallest absolute Gasteiger partial charge is 0.318 e. The molecule has 0 saturated heterocycles. The summed E-state index contributed by atoms with van der Waals surface area (Å²) >= 11 is 0. The molecule has 1 N–H and O–H groups in total. The van der Waals surface area contributed by atoms with Gasteiger partial charge >= 0.3 is 6.18 Å². The Morgan fingerprint density at radius 2 is 1.90 bits per heavy atom. The Balaban J connectivity index is 1.62. The predicted molar refractivity (Wildman–Crippen MR) is 104 cm³/mol. The molecule has 1 aliphatic rings. The monoisotopic (exact) mass is 419 g/mol. The van der Waals surface area contributed by atoms with Crippen LogP contribution in [-0.2, 0) is 37.4 Å². The summed E-state index contributed by atoms with van der Waals surface area (Å²) in [5, 5.41) is 6.20. The van der Waals surface area contributed by atoms with Gasteiger partial charge in [0.2, 0.25) is 5.91 Å². The summed E-state index contributed by atoms with van der Waals surface area (Å²) in [6.07, 6.45) is -3.23. The van der Waals surface area contributed by atoms with E-state index in [0.29, 0.717) is 36.3 Å². The minimum absolute atomic E-state index is 0.0891. The van der Waals surface area contributed by atoms with Gasteiger partial charge in [0.25, 0.3) is 5.56 Å². The lowest BCUT2D eigenvalue weighted by molar-refractivity contribution is -0.142. The SMILES string of the molecule is Cc1c(NC(=O)Cn2nc(C(F)(F)F)c3c2CCC3)c(=O)n(-c2ccccc2)n1C. The molecule has 2 heterocycles. The molecule has 4 rings (SSSR count). The maximum absolute atomic E-state index is 13.2. The van der Waals surface area contributed by atoms with Crippen LogP contribution in [0.2, 0.25) is 0 Å². The fourth-order valence-corrected chi connectivity index (χ4v) is 3.89. The number of alkyl halides is 3. The number of hydrogen-bond donors (Lipinski definition) is 1. The Hall–Kier alpha value is -3.30. The third-order valence-electron chi connectivity index (χ3n) is 5.39. The highest BCUT2D eigenvalue weighted by atomic mass is 19.4. The first kappa shape index (κ1) is 20.0. The molecule has 0 unspecified atom stereocenters. The van der Waals surface area contributed by atoms with Gasteiger partial charge < -0.3 is 5.32 Å². The van der Waals surface area contributed by atoms with Crippen molar-refractivity contribution in [1.82, 2.24) is 19.1 Å². The lowest BCUT2D eigenvalue weighted by atomic mass is 10.2. The van der Waals surface area contributed by atoms with Crippen LogP contribution in [0.4, 0.5) is 18.9 Å². The molecule has 0 fully saturated rings. The van der Waals surface area contributed by atoms with E-state index < -0.39 is 29.9 Å². The lowest BCUT2D eigenvalue weighted by Crippen LogP contribution is -2.26. The molecule has 0 bridgehead atoms. The van der Waals surface area contributed by atoms with Gasteiger partial charge in [-0.3, -0.25) is 19.0 Å². The molecule has 1 aliphatic carbocycles. The van der Waals surface area contributed by atoms with Gasteiger partial charge in [-0.05, 0) is 38.3 Å². The molecule has 0 aliphatic heterocycles. The topological polar surface area (TPSA) is 73.8 Å². The molecule has 10 heteroatoms. The van der Waals surface area contributed by atoms with E-state index in [1.54, 1.807) is 42.9 Å². The van der Waals surface area contributed by atoms with Gasteiger partial charge in [0.05, 0.1) is 11.4 Å². The van der Waals surface area contributed by atoms with E-state index in [2.05, 4.69) is 10.4 Å². The van der Waals surface area contributed by atoms with Crippen molar-refractivity contribution in [2.75, 3.05) is 5.32 Å². The number of fused-ring (bicyclic) bond motifs is 1. The number of benzene rings is 1. The number of carbonyl (C=O) groups excluding carboxylic acids is 1. The van der Waals surface area contributed by atoms with Gasteiger partial charge in [0, 0.05) is 18.3 Å². The van der Waals surface area contributed by atoms with E-state index in [4.69, 9.17) is 0 Å². The quantitative estimate of drug-likeness (QED) is 0.707. The summed E-state index contributed by atoms with van der Waals surface area (Å²) in [6.45, 7) is 1.29. The lowest BCUT2D eigenvalue weighted by Gasteiger charge is -2.07. The third-order valence-corrected chi connectivity index (χ3v) is 5.39. The number of rotatable bonds is 4. The Kier molecular flexibility index (Phi) is 4.79. The molecule has 0 radical (unpaired) electrons. The molecule has 7 nitrogen and oxygen atoms in total. The molecule has 158 valence electrons. The Bertz CT molecular complexity index is 1170. The molecule has 30 heavy (non-hydrogen) atoms. The van der Waals surface area contributed by atoms with E-state index in [1.807, 2.05) is 6.07 Å². The summed E-state index contributed by atoms with van der Waals surface area (Å²) in [4.78, 5) is 25.5. The number of carbonyl (C=O) groups is 1. The Morgan fingerprint density at radius 1 is 1.20 bits per heavy atom. The number of anilines is 1. The number of aromatic nitrogens is 4. The highest BCUT2D eigenvalue weighted by Crippen LogP contribution is 2.36. The predicted octanol–water partition coefficient (Wildman–Crippen LogP) is 2.83. The maximum atomic E-state index is 13.2. The fourth-order valence-electron chi connectivity index (χ4n) is 3.89. The van der Waals surface area contributed by atoms with Gasteiger partial charge in [0.15, 0.2) is 5.69 Å². The third kappa shape index (κ3) is 3.31. The summed E-state index contributed by atoms with van der Waals surface area (Å²) in [5.74, 6) is -0.605. The van der Waals surface area contributed by atoms with Crippen molar-refractivity contribution in [2.45, 2.75) is 38.9 Å². The van der Waals surface area contributed by atoms with E-state index >= 15 is 0 Å². The van der Waals surface area contributed by atoms with Crippen molar-refractivity contribution >= 4 is 11.6 Å². The van der Waals surface area contributed by atoms with E-state index in [-0.39, 0.29) is 11.3 Å². The van der Waals surface area contributed by atoms with Crippen LogP contribution in [0.25, 0.3) is 5.69 Å². The van der Waals surface area contributed by atoms with Gasteiger partial charge in [0.1, 0.15) is 12.2 Å². The minimum atomic E-state index is -4.56. The zero-order chi connectivity index (χ0) is 21.6. The van der Waals surface area contributed by atoms with Crippen molar-refractivity contribution in [2.24, 2.45) is 7.05 Å². The number of hydrogen-bond acceptors (Lipinski definition) is 3. The molecule has 3 aromatic rings. The van der Waals surface area contributed by atoms with Crippen LogP contribution in [0, 0.1) is 6.92 Å². The minimum Gasteiger partial charge on any atom is -0.318 e. The molecule has 0 saturated carbocycles. The van der Waals surface area contributed by atoms with Crippen molar-refractivity contribution in [3.8, 4) is 5.69 Å². The molecule has 1 amide bonds. The number of nitrogens with one attached hydrogen (secondary N) is 1. The van der Waals surface area contributed by atoms with Crippen molar-refractivity contribution in [1.29, 1.82) is 0 Å². The van der Waals surface area contributed by atoms with Crippen molar-refractivity contribution in [3.05, 3.63) is 63.3 Å². The summed E-state index contributed by atoms with van der Waals surface area (Å²) in [7, 11) is 1.69. The molecule has 1 aromatic carbocycles. The van der Waals surface area contributed by atoms with Crippen LogP contribution in [0.1, 0.15) is 29.1 Å². The van der Waals surface area contributed by atoms with Gasteiger partial charge in [-0.15, -0.1) is 0 Å². The fraction of sp³-hybridized carbons (Fsp3) is 0.350. The van der Waals surface area contributed by atoms with E-state index in [9.17, 15) is 22.8 Å². The highest BCUT2D eigenvalue weighted by Gasteiger charge is 2.40. The first-order chi connectivity index (χ1) is 14.2. The van der Waals surface area contributed by atoms with Crippen LogP contribution in [0.5, 0.6) is 0 Å². The van der Waals surface area contributed by atoms with E-state index in [0.717, 1.165) is 4.68 Å². The molecule has 0 atom stereocenters. The van der Waals surface area contributed by atoms with Gasteiger partial charge in [-0.1, -0.05) is 18.2 Å². The first-order valence-electron chi connectivity index (χ1n) is 9.48. The van der Waals surface area contributed by atoms with Crippen LogP contribution in [0.15, 0.2) is 35.1 Å². The van der Waals surface area contributed by atoms with Crippen LogP contribution < -0.4 is 10.9 Å². The average molecular weight is 419 g/mol. The number of halogens is 3. The second-order valence-corrected chi connectivity index (χ2v) is 7.27. The van der Waals surface area contributed by atoms with Gasteiger partial charge in [-0.2, -0.15) is 18.3 Å².